The summed E-state index contributed by atoms with van der Waals surface area (Å²) in [5.41, 5.74) is 1.55. The summed E-state index contributed by atoms with van der Waals surface area (Å²) in [6.45, 7) is 3.92. The van der Waals surface area contributed by atoms with Gasteiger partial charge in [0.15, 0.2) is 5.76 Å². The first-order valence-electron chi connectivity index (χ1n) is 11.5. The maximum absolute atomic E-state index is 13.5. The van der Waals surface area contributed by atoms with E-state index in [2.05, 4.69) is 11.1 Å². The van der Waals surface area contributed by atoms with Gasteiger partial charge in [0.05, 0.1) is 0 Å². The van der Waals surface area contributed by atoms with Gasteiger partial charge in [-0.1, -0.05) is 18.2 Å². The molecule has 182 valence electrons. The fraction of sp³-hybridized carbons (Fsp3) is 0.222. The molecule has 0 N–H and O–H groups in total. The number of oxazole rings is 1. The van der Waals surface area contributed by atoms with Gasteiger partial charge in [-0.2, -0.15) is 10.2 Å². The van der Waals surface area contributed by atoms with Crippen LogP contribution in [0.15, 0.2) is 69.5 Å². The highest BCUT2D eigenvalue weighted by molar-refractivity contribution is 5.94. The fourth-order valence-electron chi connectivity index (χ4n) is 4.05. The normalized spacial score (nSPS) is 13.5. The second kappa shape index (κ2) is 9.96. The average Bonchev–Trinajstić information content (AvgIpc) is 3.54. The molecule has 5 rings (SSSR count). The number of ether oxygens (including phenoxy) is 1. The summed E-state index contributed by atoms with van der Waals surface area (Å²) >= 11 is 0. The topological polar surface area (TPSA) is 95.7 Å². The van der Waals surface area contributed by atoms with Crippen molar-refractivity contribution in [3.63, 3.8) is 0 Å². The lowest BCUT2D eigenvalue weighted by molar-refractivity contribution is 0.0745. The molecule has 1 saturated heterocycles. The number of anilines is 1. The number of nitriles is 1. The summed E-state index contributed by atoms with van der Waals surface area (Å²) in [7, 11) is 0. The van der Waals surface area contributed by atoms with Crippen LogP contribution >= 0.6 is 0 Å². The van der Waals surface area contributed by atoms with Crippen LogP contribution in [0, 0.1) is 24.1 Å². The van der Waals surface area contributed by atoms with E-state index in [-0.39, 0.29) is 24.1 Å². The summed E-state index contributed by atoms with van der Waals surface area (Å²) in [6, 6.07) is 19.0. The van der Waals surface area contributed by atoms with Crippen LogP contribution in [-0.4, -0.2) is 42.0 Å². The predicted molar refractivity (Wildman–Crippen MR) is 129 cm³/mol. The van der Waals surface area contributed by atoms with E-state index in [1.54, 1.807) is 23.1 Å². The molecule has 8 nitrogen and oxygen atoms in total. The van der Waals surface area contributed by atoms with E-state index in [1.807, 2.05) is 36.1 Å². The van der Waals surface area contributed by atoms with Gasteiger partial charge >= 0.3 is 0 Å². The van der Waals surface area contributed by atoms with E-state index >= 15 is 0 Å². The Morgan fingerprint density at radius 2 is 1.89 bits per heavy atom. The van der Waals surface area contributed by atoms with Gasteiger partial charge in [0.1, 0.15) is 30.0 Å². The number of nitrogens with zero attached hydrogens (tertiary/aromatic N) is 4. The first-order chi connectivity index (χ1) is 17.5. The minimum absolute atomic E-state index is 0.142. The minimum Gasteiger partial charge on any atom is -0.486 e. The number of rotatable bonds is 6. The van der Waals surface area contributed by atoms with E-state index in [1.165, 1.54) is 18.2 Å². The lowest BCUT2D eigenvalue weighted by atomic mass is 10.1. The molecule has 0 saturated carbocycles. The molecular formula is C27H23FN4O4. The maximum Gasteiger partial charge on any atom is 0.266 e. The first kappa shape index (κ1) is 23.2. The van der Waals surface area contributed by atoms with Crippen LogP contribution in [0.1, 0.15) is 27.4 Å². The number of hydrogen-bond donors (Lipinski definition) is 0. The van der Waals surface area contributed by atoms with Crippen molar-refractivity contribution in [2.24, 2.45) is 0 Å². The minimum atomic E-state index is -0.449. The maximum atomic E-state index is 13.5. The molecule has 0 unspecified atom stereocenters. The Hall–Kier alpha value is -4.58. The lowest BCUT2D eigenvalue weighted by Crippen LogP contribution is -2.48. The SMILES string of the molecule is Cc1cccc(OCc2ccc(-c3nc(C#N)c(N4CCN(C(=O)c5cccc(F)c5)CC4)o3)o2)c1. The van der Waals surface area contributed by atoms with Crippen LogP contribution in [-0.2, 0) is 6.61 Å². The van der Waals surface area contributed by atoms with Gasteiger partial charge in [-0.05, 0) is 55.0 Å². The van der Waals surface area contributed by atoms with Crippen LogP contribution < -0.4 is 9.64 Å². The second-order valence-corrected chi connectivity index (χ2v) is 8.45. The zero-order valence-electron chi connectivity index (χ0n) is 19.6. The zero-order valence-corrected chi connectivity index (χ0v) is 19.6. The van der Waals surface area contributed by atoms with Crippen molar-refractivity contribution < 1.29 is 22.8 Å². The van der Waals surface area contributed by atoms with E-state index < -0.39 is 5.82 Å². The lowest BCUT2D eigenvalue weighted by Gasteiger charge is -2.34. The van der Waals surface area contributed by atoms with Crippen molar-refractivity contribution in [2.75, 3.05) is 31.1 Å². The monoisotopic (exact) mass is 486 g/mol. The number of piperazine rings is 1. The van der Waals surface area contributed by atoms with Gasteiger partial charge in [0.25, 0.3) is 11.8 Å². The van der Waals surface area contributed by atoms with Crippen molar-refractivity contribution in [1.29, 1.82) is 5.26 Å². The Labute approximate surface area is 207 Å². The average molecular weight is 487 g/mol. The molecule has 1 fully saturated rings. The van der Waals surface area contributed by atoms with Crippen LogP contribution in [0.2, 0.25) is 0 Å². The van der Waals surface area contributed by atoms with Gasteiger partial charge in [0, 0.05) is 31.7 Å². The largest absolute Gasteiger partial charge is 0.486 e. The van der Waals surface area contributed by atoms with Gasteiger partial charge in [-0.15, -0.1) is 0 Å². The van der Waals surface area contributed by atoms with Gasteiger partial charge in [-0.25, -0.2) is 4.39 Å². The van der Waals surface area contributed by atoms with E-state index in [9.17, 15) is 14.4 Å². The predicted octanol–water partition coefficient (Wildman–Crippen LogP) is 4.80. The number of aryl methyl sites for hydroxylation is 1. The molecule has 1 aliphatic rings. The van der Waals surface area contributed by atoms with Gasteiger partial charge < -0.3 is 23.4 Å². The Bertz CT molecular complexity index is 1430. The Kier molecular flexibility index (Phi) is 6.41. The molecule has 2 aromatic carbocycles. The third kappa shape index (κ3) is 4.93. The van der Waals surface area contributed by atoms with Crippen molar-refractivity contribution in [3.05, 3.63) is 89.1 Å². The number of halogens is 1. The quantitative estimate of drug-likeness (QED) is 0.386. The first-order valence-corrected chi connectivity index (χ1v) is 11.5. The molecular weight excluding hydrogens is 463 g/mol. The third-order valence-corrected chi connectivity index (χ3v) is 5.88. The molecule has 3 heterocycles. The number of carbonyl (C=O) groups is 1. The van der Waals surface area contributed by atoms with Crippen molar-refractivity contribution >= 4 is 11.8 Å². The van der Waals surface area contributed by atoms with Gasteiger partial charge in [0.2, 0.25) is 11.6 Å². The van der Waals surface area contributed by atoms with Crippen LogP contribution in [0.4, 0.5) is 10.3 Å². The van der Waals surface area contributed by atoms with E-state index in [4.69, 9.17) is 13.6 Å². The number of benzene rings is 2. The summed E-state index contributed by atoms with van der Waals surface area (Å²) in [4.78, 5) is 20.5. The van der Waals surface area contributed by atoms with E-state index in [0.29, 0.717) is 49.1 Å². The number of amides is 1. The molecule has 1 aliphatic heterocycles. The van der Waals surface area contributed by atoms with Crippen LogP contribution in [0.5, 0.6) is 5.75 Å². The molecule has 0 atom stereocenters. The molecule has 1 amide bonds. The molecule has 9 heteroatoms. The fourth-order valence-corrected chi connectivity index (χ4v) is 4.05. The second-order valence-electron chi connectivity index (χ2n) is 8.45. The Morgan fingerprint density at radius 1 is 1.08 bits per heavy atom. The van der Waals surface area contributed by atoms with Crippen molar-refractivity contribution in [3.8, 4) is 23.5 Å². The van der Waals surface area contributed by atoms with Gasteiger partial charge in [-0.3, -0.25) is 4.79 Å². The Balaban J connectivity index is 1.24. The zero-order chi connectivity index (χ0) is 25.1. The molecule has 0 spiro atoms. The summed E-state index contributed by atoms with van der Waals surface area (Å²) < 4.78 is 31.0. The summed E-state index contributed by atoms with van der Waals surface area (Å²) in [5.74, 6) is 1.57. The molecule has 36 heavy (non-hydrogen) atoms. The number of hydrogen-bond acceptors (Lipinski definition) is 7. The smallest absolute Gasteiger partial charge is 0.266 e. The molecule has 2 aromatic heterocycles. The van der Waals surface area contributed by atoms with Crippen LogP contribution in [0.25, 0.3) is 11.7 Å². The molecule has 4 aromatic rings. The number of furan rings is 1. The highest BCUT2D eigenvalue weighted by atomic mass is 19.1. The Morgan fingerprint density at radius 3 is 2.64 bits per heavy atom. The van der Waals surface area contributed by atoms with Crippen molar-refractivity contribution in [1.82, 2.24) is 9.88 Å². The third-order valence-electron chi connectivity index (χ3n) is 5.88. The molecule has 0 aliphatic carbocycles. The van der Waals surface area contributed by atoms with Crippen molar-refractivity contribution in [2.45, 2.75) is 13.5 Å². The number of carbonyl (C=O) groups excluding carboxylic acids is 1. The summed E-state index contributed by atoms with van der Waals surface area (Å²) in [5, 5.41) is 9.61. The number of aromatic nitrogens is 1. The van der Waals surface area contributed by atoms with Crippen LogP contribution in [0.3, 0.4) is 0 Å². The molecule has 0 radical (unpaired) electrons. The summed E-state index contributed by atoms with van der Waals surface area (Å²) in [6.07, 6.45) is 0. The highest BCUT2D eigenvalue weighted by Gasteiger charge is 2.28. The highest BCUT2D eigenvalue weighted by Crippen LogP contribution is 2.30. The van der Waals surface area contributed by atoms with E-state index in [0.717, 1.165) is 11.3 Å². The molecule has 0 bridgehead atoms. The standard InChI is InChI=1S/C27H23FN4O4/c1-18-4-2-7-21(14-18)34-17-22-8-9-24(35-22)25-30-23(16-29)27(36-25)32-12-10-31(11-13-32)26(33)19-5-3-6-20(28)15-19/h2-9,14-15H,10-13,17H2,1H3.